The second kappa shape index (κ2) is 4.73. The van der Waals surface area contributed by atoms with E-state index in [9.17, 15) is 4.79 Å². The number of nitrogens with zero attached hydrogens (tertiary/aromatic N) is 2. The Kier molecular flexibility index (Phi) is 3.08. The van der Waals surface area contributed by atoms with Crippen molar-refractivity contribution in [2.45, 2.75) is 32.7 Å². The lowest BCUT2D eigenvalue weighted by Crippen LogP contribution is -2.25. The fourth-order valence-corrected chi connectivity index (χ4v) is 3.16. The Labute approximate surface area is 108 Å². The molecule has 18 heavy (non-hydrogen) atoms. The zero-order valence-electron chi connectivity index (χ0n) is 11.0. The van der Waals surface area contributed by atoms with E-state index in [0.717, 1.165) is 25.2 Å². The summed E-state index contributed by atoms with van der Waals surface area (Å²) in [5, 5.41) is 0. The Morgan fingerprint density at radius 1 is 1.22 bits per heavy atom. The van der Waals surface area contributed by atoms with Gasteiger partial charge in [-0.25, -0.2) is 0 Å². The van der Waals surface area contributed by atoms with Crippen molar-refractivity contribution >= 4 is 11.6 Å². The van der Waals surface area contributed by atoms with Gasteiger partial charge in [-0.3, -0.25) is 9.69 Å². The standard InChI is InChI=1S/C15H20N2O/c1-12(18)17-10-7-14-13(5-4-6-15(14)17)11-16-8-2-3-9-16/h4-6H,2-3,7-11H2,1H3. The number of hydrogen-bond acceptors (Lipinski definition) is 2. The first-order chi connectivity index (χ1) is 8.75. The lowest BCUT2D eigenvalue weighted by Gasteiger charge is -2.18. The summed E-state index contributed by atoms with van der Waals surface area (Å²) in [6.07, 6.45) is 3.67. The number of anilines is 1. The van der Waals surface area contributed by atoms with Gasteiger partial charge in [-0.15, -0.1) is 0 Å². The molecule has 0 saturated carbocycles. The number of benzene rings is 1. The molecule has 96 valence electrons. The first-order valence-corrected chi connectivity index (χ1v) is 6.87. The van der Waals surface area contributed by atoms with Gasteiger partial charge in [-0.1, -0.05) is 12.1 Å². The monoisotopic (exact) mass is 244 g/mol. The highest BCUT2D eigenvalue weighted by atomic mass is 16.2. The number of fused-ring (bicyclic) bond motifs is 1. The van der Waals surface area contributed by atoms with Crippen LogP contribution in [0, 0.1) is 0 Å². The van der Waals surface area contributed by atoms with Crippen LogP contribution >= 0.6 is 0 Å². The maximum absolute atomic E-state index is 11.6. The minimum Gasteiger partial charge on any atom is -0.312 e. The number of carbonyl (C=O) groups is 1. The summed E-state index contributed by atoms with van der Waals surface area (Å²) in [7, 11) is 0. The van der Waals surface area contributed by atoms with Gasteiger partial charge in [0.25, 0.3) is 0 Å². The van der Waals surface area contributed by atoms with Gasteiger partial charge in [0.05, 0.1) is 0 Å². The van der Waals surface area contributed by atoms with Crippen molar-refractivity contribution in [1.82, 2.24) is 4.90 Å². The lowest BCUT2D eigenvalue weighted by atomic mass is 10.0. The molecule has 0 radical (unpaired) electrons. The normalized spacial score (nSPS) is 19.3. The van der Waals surface area contributed by atoms with Crippen molar-refractivity contribution < 1.29 is 4.79 Å². The molecule has 1 fully saturated rings. The number of likely N-dealkylation sites (tertiary alicyclic amines) is 1. The highest BCUT2D eigenvalue weighted by Gasteiger charge is 2.25. The molecule has 2 aliphatic heterocycles. The van der Waals surface area contributed by atoms with Crippen LogP contribution in [0.25, 0.3) is 0 Å². The molecule has 0 N–H and O–H groups in total. The molecule has 0 atom stereocenters. The van der Waals surface area contributed by atoms with E-state index in [-0.39, 0.29) is 5.91 Å². The van der Waals surface area contributed by atoms with Gasteiger partial charge in [-0.05, 0) is 49.5 Å². The second-order valence-electron chi connectivity index (χ2n) is 5.32. The van der Waals surface area contributed by atoms with Crippen LogP contribution in [0.4, 0.5) is 5.69 Å². The van der Waals surface area contributed by atoms with Crippen LogP contribution in [-0.2, 0) is 17.8 Å². The molecule has 1 aromatic rings. The van der Waals surface area contributed by atoms with E-state index in [1.807, 2.05) is 4.90 Å². The van der Waals surface area contributed by atoms with Gasteiger partial charge in [0, 0.05) is 25.7 Å². The molecule has 0 bridgehead atoms. The van der Waals surface area contributed by atoms with Crippen LogP contribution in [0.5, 0.6) is 0 Å². The van der Waals surface area contributed by atoms with E-state index in [4.69, 9.17) is 0 Å². The summed E-state index contributed by atoms with van der Waals surface area (Å²) in [6.45, 7) is 6.00. The summed E-state index contributed by atoms with van der Waals surface area (Å²) in [4.78, 5) is 16.0. The van der Waals surface area contributed by atoms with E-state index >= 15 is 0 Å². The quantitative estimate of drug-likeness (QED) is 0.796. The van der Waals surface area contributed by atoms with Crippen LogP contribution < -0.4 is 4.90 Å². The van der Waals surface area contributed by atoms with E-state index in [2.05, 4.69) is 23.1 Å². The highest BCUT2D eigenvalue weighted by Crippen LogP contribution is 2.31. The van der Waals surface area contributed by atoms with Gasteiger partial charge < -0.3 is 4.90 Å². The topological polar surface area (TPSA) is 23.6 Å². The molecule has 3 heteroatoms. The molecule has 0 unspecified atom stereocenters. The summed E-state index contributed by atoms with van der Waals surface area (Å²) >= 11 is 0. The van der Waals surface area contributed by atoms with Crippen molar-refractivity contribution in [3.8, 4) is 0 Å². The Morgan fingerprint density at radius 2 is 2.00 bits per heavy atom. The summed E-state index contributed by atoms with van der Waals surface area (Å²) in [5.74, 6) is 0.159. The zero-order valence-corrected chi connectivity index (χ0v) is 11.0. The SMILES string of the molecule is CC(=O)N1CCc2c(CN3CCCC3)cccc21. The Balaban J connectivity index is 1.86. The van der Waals surface area contributed by atoms with Crippen LogP contribution in [0.1, 0.15) is 30.9 Å². The van der Waals surface area contributed by atoms with Crippen molar-refractivity contribution in [2.24, 2.45) is 0 Å². The predicted octanol–water partition coefficient (Wildman–Crippen LogP) is 2.19. The van der Waals surface area contributed by atoms with Crippen molar-refractivity contribution in [1.29, 1.82) is 0 Å². The molecule has 1 aromatic carbocycles. The number of rotatable bonds is 2. The first kappa shape index (κ1) is 11.7. The molecule has 1 amide bonds. The van der Waals surface area contributed by atoms with Crippen LogP contribution in [0.2, 0.25) is 0 Å². The maximum atomic E-state index is 11.6. The molecule has 3 nitrogen and oxygen atoms in total. The molecule has 0 aromatic heterocycles. The fraction of sp³-hybridized carbons (Fsp3) is 0.533. The predicted molar refractivity (Wildman–Crippen MR) is 72.7 cm³/mol. The molecule has 0 aliphatic carbocycles. The smallest absolute Gasteiger partial charge is 0.223 e. The van der Waals surface area contributed by atoms with Gasteiger partial charge in [0.1, 0.15) is 0 Å². The molecule has 1 saturated heterocycles. The highest BCUT2D eigenvalue weighted by molar-refractivity contribution is 5.94. The molecule has 0 spiro atoms. The molecule has 2 heterocycles. The minimum atomic E-state index is 0.159. The third kappa shape index (κ3) is 2.03. The summed E-state index contributed by atoms with van der Waals surface area (Å²) in [5.41, 5.74) is 3.94. The molecular weight excluding hydrogens is 224 g/mol. The average Bonchev–Trinajstić information content (AvgIpc) is 2.97. The van der Waals surface area contributed by atoms with E-state index in [1.165, 1.54) is 37.1 Å². The Hall–Kier alpha value is -1.35. The van der Waals surface area contributed by atoms with Gasteiger partial charge >= 0.3 is 0 Å². The molecule has 3 rings (SSSR count). The van der Waals surface area contributed by atoms with Crippen molar-refractivity contribution in [3.63, 3.8) is 0 Å². The lowest BCUT2D eigenvalue weighted by molar-refractivity contribution is -0.116. The summed E-state index contributed by atoms with van der Waals surface area (Å²) < 4.78 is 0. The van der Waals surface area contributed by atoms with E-state index < -0.39 is 0 Å². The van der Waals surface area contributed by atoms with Crippen LogP contribution in [-0.4, -0.2) is 30.4 Å². The Bertz CT molecular complexity index is 464. The minimum absolute atomic E-state index is 0.159. The third-order valence-corrected chi connectivity index (χ3v) is 4.10. The van der Waals surface area contributed by atoms with Gasteiger partial charge in [0.2, 0.25) is 5.91 Å². The van der Waals surface area contributed by atoms with Crippen molar-refractivity contribution in [3.05, 3.63) is 29.3 Å². The zero-order chi connectivity index (χ0) is 12.5. The third-order valence-electron chi connectivity index (χ3n) is 4.10. The largest absolute Gasteiger partial charge is 0.312 e. The van der Waals surface area contributed by atoms with Crippen molar-refractivity contribution in [2.75, 3.05) is 24.5 Å². The number of hydrogen-bond donors (Lipinski definition) is 0. The molecule has 2 aliphatic rings. The fourth-order valence-electron chi connectivity index (χ4n) is 3.16. The molecular formula is C15H20N2O. The first-order valence-electron chi connectivity index (χ1n) is 6.87. The van der Waals surface area contributed by atoms with Crippen LogP contribution in [0.3, 0.4) is 0 Å². The maximum Gasteiger partial charge on any atom is 0.223 e. The van der Waals surface area contributed by atoms with Crippen LogP contribution in [0.15, 0.2) is 18.2 Å². The van der Waals surface area contributed by atoms with E-state index in [1.54, 1.807) is 6.92 Å². The number of carbonyl (C=O) groups excluding carboxylic acids is 1. The average molecular weight is 244 g/mol. The van der Waals surface area contributed by atoms with E-state index in [0.29, 0.717) is 0 Å². The second-order valence-corrected chi connectivity index (χ2v) is 5.32. The van der Waals surface area contributed by atoms with Gasteiger partial charge in [0.15, 0.2) is 0 Å². The van der Waals surface area contributed by atoms with Gasteiger partial charge in [-0.2, -0.15) is 0 Å². The summed E-state index contributed by atoms with van der Waals surface area (Å²) in [6, 6.07) is 6.39. The number of amides is 1. The Morgan fingerprint density at radius 3 is 2.72 bits per heavy atom.